The lowest BCUT2D eigenvalue weighted by molar-refractivity contribution is 0.452. The number of rotatable bonds is 5. The van der Waals surface area contributed by atoms with Crippen molar-refractivity contribution in [2.75, 3.05) is 0 Å². The summed E-state index contributed by atoms with van der Waals surface area (Å²) in [6, 6.07) is 8.09. The van der Waals surface area contributed by atoms with Gasteiger partial charge < -0.3 is 10.4 Å². The van der Waals surface area contributed by atoms with Crippen molar-refractivity contribution in [3.63, 3.8) is 0 Å². The summed E-state index contributed by atoms with van der Waals surface area (Å²) in [5.74, 6) is 0.261. The smallest absolute Gasteiger partial charge is 0.138 e. The summed E-state index contributed by atoms with van der Waals surface area (Å²) in [5, 5.41) is 15.2. The zero-order chi connectivity index (χ0) is 13.0. The largest absolute Gasteiger partial charge is 0.506 e. The van der Waals surface area contributed by atoms with Gasteiger partial charge in [0.05, 0.1) is 5.69 Å². The van der Waals surface area contributed by atoms with Crippen LogP contribution in [0.1, 0.15) is 23.2 Å². The quantitative estimate of drug-likeness (QED) is 0.871. The van der Waals surface area contributed by atoms with Gasteiger partial charge in [-0.05, 0) is 43.8 Å². The van der Waals surface area contributed by atoms with E-state index in [9.17, 15) is 5.11 Å². The number of pyridine rings is 1. The highest BCUT2D eigenvalue weighted by atomic mass is 32.1. The van der Waals surface area contributed by atoms with Crippen LogP contribution in [0.4, 0.5) is 0 Å². The number of nitrogens with one attached hydrogen (secondary N) is 1. The highest BCUT2D eigenvalue weighted by molar-refractivity contribution is 7.09. The van der Waals surface area contributed by atoms with Crippen LogP contribution in [-0.4, -0.2) is 16.1 Å². The highest BCUT2D eigenvalue weighted by Crippen LogP contribution is 2.15. The maximum Gasteiger partial charge on any atom is 0.138 e. The van der Waals surface area contributed by atoms with E-state index in [0.29, 0.717) is 18.3 Å². The number of aryl methyl sites for hydroxylation is 1. The number of aromatic nitrogens is 1. The van der Waals surface area contributed by atoms with Crippen LogP contribution in [0.15, 0.2) is 29.6 Å². The molecule has 0 aromatic carbocycles. The second-order valence-electron chi connectivity index (χ2n) is 4.48. The third-order valence-electron chi connectivity index (χ3n) is 2.79. The molecular formula is C14H18N2OS. The molecule has 2 aromatic heterocycles. The summed E-state index contributed by atoms with van der Waals surface area (Å²) < 4.78 is 0. The number of aromatic hydroxyl groups is 1. The molecule has 96 valence electrons. The summed E-state index contributed by atoms with van der Waals surface area (Å²) in [6.07, 6.45) is 1.00. The lowest BCUT2D eigenvalue weighted by Crippen LogP contribution is -2.27. The van der Waals surface area contributed by atoms with Crippen LogP contribution < -0.4 is 5.32 Å². The van der Waals surface area contributed by atoms with Crippen LogP contribution in [0.25, 0.3) is 0 Å². The van der Waals surface area contributed by atoms with E-state index in [1.807, 2.05) is 13.0 Å². The lowest BCUT2D eigenvalue weighted by Gasteiger charge is -2.13. The predicted octanol–water partition coefficient (Wildman–Crippen LogP) is 2.88. The van der Waals surface area contributed by atoms with Gasteiger partial charge in [-0.2, -0.15) is 0 Å². The van der Waals surface area contributed by atoms with Gasteiger partial charge in [-0.1, -0.05) is 6.07 Å². The summed E-state index contributed by atoms with van der Waals surface area (Å²) in [5.41, 5.74) is 1.64. The Labute approximate surface area is 112 Å². The van der Waals surface area contributed by atoms with E-state index in [4.69, 9.17) is 0 Å². The third-order valence-corrected chi connectivity index (χ3v) is 3.69. The molecule has 0 saturated heterocycles. The van der Waals surface area contributed by atoms with Crippen molar-refractivity contribution in [2.45, 2.75) is 32.9 Å². The number of nitrogens with zero attached hydrogens (tertiary/aromatic N) is 1. The average molecular weight is 262 g/mol. The molecule has 2 aromatic rings. The highest BCUT2D eigenvalue weighted by Gasteiger charge is 2.07. The van der Waals surface area contributed by atoms with Crippen molar-refractivity contribution in [1.29, 1.82) is 0 Å². The molecule has 3 nitrogen and oxygen atoms in total. The normalized spacial score (nSPS) is 12.6. The van der Waals surface area contributed by atoms with E-state index in [0.717, 1.165) is 12.1 Å². The first-order chi connectivity index (χ1) is 8.65. The summed E-state index contributed by atoms with van der Waals surface area (Å²) in [7, 11) is 0. The average Bonchev–Trinajstić information content (AvgIpc) is 2.83. The molecule has 1 unspecified atom stereocenters. The lowest BCUT2D eigenvalue weighted by atomic mass is 10.2. The number of hydrogen-bond acceptors (Lipinski definition) is 4. The van der Waals surface area contributed by atoms with Crippen LogP contribution in [0.3, 0.4) is 0 Å². The fraction of sp³-hybridized carbons (Fsp3) is 0.357. The molecule has 0 amide bonds. The molecule has 2 N–H and O–H groups in total. The van der Waals surface area contributed by atoms with Crippen LogP contribution >= 0.6 is 11.3 Å². The van der Waals surface area contributed by atoms with E-state index in [1.54, 1.807) is 17.4 Å². The molecule has 0 aliphatic rings. The molecule has 0 spiro atoms. The van der Waals surface area contributed by atoms with E-state index in [-0.39, 0.29) is 5.75 Å². The monoisotopic (exact) mass is 262 g/mol. The zero-order valence-corrected chi connectivity index (χ0v) is 11.5. The Balaban J connectivity index is 1.89. The Morgan fingerprint density at radius 2 is 2.22 bits per heavy atom. The Kier molecular flexibility index (Phi) is 4.33. The number of hydrogen-bond donors (Lipinski definition) is 2. The van der Waals surface area contributed by atoms with E-state index >= 15 is 0 Å². The molecule has 1 atom stereocenters. The first kappa shape index (κ1) is 13.1. The molecule has 0 saturated carbocycles. The van der Waals surface area contributed by atoms with Crippen LogP contribution in [0, 0.1) is 6.92 Å². The van der Waals surface area contributed by atoms with Gasteiger partial charge in [0.25, 0.3) is 0 Å². The minimum atomic E-state index is 0.261. The molecule has 18 heavy (non-hydrogen) atoms. The standard InChI is InChI=1S/C14H18N2OS/c1-10-5-6-14(17)13(16-10)9-15-11(2)8-12-4-3-7-18-12/h3-7,11,15,17H,8-9H2,1-2H3. The third kappa shape index (κ3) is 3.55. The molecule has 0 bridgehead atoms. The second kappa shape index (κ2) is 5.98. The van der Waals surface area contributed by atoms with Gasteiger partial charge in [-0.3, -0.25) is 4.98 Å². The molecule has 0 fully saturated rings. The Morgan fingerprint density at radius 3 is 2.94 bits per heavy atom. The molecule has 0 aliphatic heterocycles. The van der Waals surface area contributed by atoms with Crippen molar-refractivity contribution >= 4 is 11.3 Å². The SMILES string of the molecule is Cc1ccc(O)c(CNC(C)Cc2cccs2)n1. The Morgan fingerprint density at radius 1 is 1.39 bits per heavy atom. The zero-order valence-electron chi connectivity index (χ0n) is 10.7. The van der Waals surface area contributed by atoms with Crippen molar-refractivity contribution in [2.24, 2.45) is 0 Å². The van der Waals surface area contributed by atoms with Gasteiger partial charge in [0.1, 0.15) is 5.75 Å². The van der Waals surface area contributed by atoms with Crippen molar-refractivity contribution < 1.29 is 5.11 Å². The van der Waals surface area contributed by atoms with Gasteiger partial charge in [0.15, 0.2) is 0 Å². The molecule has 2 heterocycles. The van der Waals surface area contributed by atoms with Crippen LogP contribution in [0.2, 0.25) is 0 Å². The van der Waals surface area contributed by atoms with E-state index < -0.39 is 0 Å². The van der Waals surface area contributed by atoms with E-state index in [1.165, 1.54) is 4.88 Å². The second-order valence-corrected chi connectivity index (χ2v) is 5.52. The summed E-state index contributed by atoms with van der Waals surface area (Å²) in [4.78, 5) is 5.70. The first-order valence-corrected chi connectivity index (χ1v) is 6.94. The molecule has 0 aliphatic carbocycles. The minimum Gasteiger partial charge on any atom is -0.506 e. The van der Waals surface area contributed by atoms with Crippen LogP contribution in [0.5, 0.6) is 5.75 Å². The fourth-order valence-corrected chi connectivity index (χ4v) is 2.64. The van der Waals surface area contributed by atoms with Crippen molar-refractivity contribution in [3.05, 3.63) is 45.9 Å². The Hall–Kier alpha value is -1.39. The maximum atomic E-state index is 9.70. The van der Waals surface area contributed by atoms with Gasteiger partial charge in [0.2, 0.25) is 0 Å². The Bertz CT molecular complexity index is 497. The maximum absolute atomic E-state index is 9.70. The van der Waals surface area contributed by atoms with Gasteiger partial charge >= 0.3 is 0 Å². The molecule has 4 heteroatoms. The topological polar surface area (TPSA) is 45.1 Å². The van der Waals surface area contributed by atoms with Gasteiger partial charge in [0, 0.05) is 23.2 Å². The van der Waals surface area contributed by atoms with Gasteiger partial charge in [-0.15, -0.1) is 11.3 Å². The van der Waals surface area contributed by atoms with Crippen molar-refractivity contribution in [1.82, 2.24) is 10.3 Å². The summed E-state index contributed by atoms with van der Waals surface area (Å²) >= 11 is 1.77. The molecular weight excluding hydrogens is 244 g/mol. The minimum absolute atomic E-state index is 0.261. The molecule has 0 radical (unpaired) electrons. The first-order valence-electron chi connectivity index (χ1n) is 6.06. The van der Waals surface area contributed by atoms with Crippen molar-refractivity contribution in [3.8, 4) is 5.75 Å². The van der Waals surface area contributed by atoms with Gasteiger partial charge in [-0.25, -0.2) is 0 Å². The molecule has 2 rings (SSSR count). The fourth-order valence-electron chi connectivity index (χ4n) is 1.81. The number of thiophene rings is 1. The predicted molar refractivity (Wildman–Crippen MR) is 75.0 cm³/mol. The van der Waals surface area contributed by atoms with Crippen LogP contribution in [-0.2, 0) is 13.0 Å². The van der Waals surface area contributed by atoms with E-state index in [2.05, 4.69) is 34.7 Å². The summed E-state index contributed by atoms with van der Waals surface area (Å²) in [6.45, 7) is 4.67.